The van der Waals surface area contributed by atoms with Gasteiger partial charge in [-0.15, -0.1) is 0 Å². The second-order valence-corrected chi connectivity index (χ2v) is 4.00. The van der Waals surface area contributed by atoms with Gasteiger partial charge in [-0.1, -0.05) is 11.6 Å². The molecule has 2 rings (SSSR count). The molecule has 1 aromatic heterocycles. The molecule has 0 bridgehead atoms. The summed E-state index contributed by atoms with van der Waals surface area (Å²) in [4.78, 5) is 6.21. The summed E-state index contributed by atoms with van der Waals surface area (Å²) < 4.78 is 0. The molecule has 0 amide bonds. The molecule has 14 heavy (non-hydrogen) atoms. The molecule has 1 aliphatic heterocycles. The molecule has 0 aliphatic carbocycles. The summed E-state index contributed by atoms with van der Waals surface area (Å²) in [5, 5.41) is 10.1. The standard InChI is InChI=1S/C10H13ClN2O/c1-7-10(11)9(2-4-12-7)13-5-3-8(14)6-13/h2,4,8,14H,3,5-6H2,1H3/t8-/m1/s1. The molecule has 1 saturated heterocycles. The van der Waals surface area contributed by atoms with E-state index in [1.54, 1.807) is 6.20 Å². The van der Waals surface area contributed by atoms with Gasteiger partial charge in [-0.05, 0) is 19.4 Å². The first-order valence-corrected chi connectivity index (χ1v) is 5.10. The Balaban J connectivity index is 2.28. The molecule has 1 aliphatic rings. The van der Waals surface area contributed by atoms with Crippen LogP contribution in [0.2, 0.25) is 5.02 Å². The summed E-state index contributed by atoms with van der Waals surface area (Å²) in [6.07, 6.45) is 2.35. The van der Waals surface area contributed by atoms with Crippen molar-refractivity contribution in [2.45, 2.75) is 19.4 Å². The van der Waals surface area contributed by atoms with E-state index in [9.17, 15) is 5.11 Å². The largest absolute Gasteiger partial charge is 0.391 e. The third-order valence-electron chi connectivity index (χ3n) is 2.55. The van der Waals surface area contributed by atoms with Crippen LogP contribution < -0.4 is 4.90 Å². The first kappa shape index (κ1) is 9.74. The number of aromatic nitrogens is 1. The number of nitrogens with zero attached hydrogens (tertiary/aromatic N) is 2. The Hall–Kier alpha value is -0.800. The monoisotopic (exact) mass is 212 g/mol. The summed E-state index contributed by atoms with van der Waals surface area (Å²) in [6, 6.07) is 1.90. The van der Waals surface area contributed by atoms with Crippen LogP contribution in [0.25, 0.3) is 0 Å². The maximum atomic E-state index is 9.42. The lowest BCUT2D eigenvalue weighted by molar-refractivity contribution is 0.198. The van der Waals surface area contributed by atoms with Crippen molar-refractivity contribution in [2.75, 3.05) is 18.0 Å². The van der Waals surface area contributed by atoms with Gasteiger partial charge in [0.2, 0.25) is 0 Å². The molecule has 1 aromatic rings. The van der Waals surface area contributed by atoms with Crippen LogP contribution in [0, 0.1) is 6.92 Å². The minimum atomic E-state index is -0.223. The Bertz CT molecular complexity index is 343. The highest BCUT2D eigenvalue weighted by atomic mass is 35.5. The molecule has 3 nitrogen and oxygen atoms in total. The molecule has 2 heterocycles. The normalized spacial score (nSPS) is 21.6. The van der Waals surface area contributed by atoms with Gasteiger partial charge in [-0.2, -0.15) is 0 Å². The Kier molecular flexibility index (Phi) is 2.61. The number of β-amino-alcohol motifs (C(OH)–C–C–N with tert-alkyl or cyclic N) is 1. The lowest BCUT2D eigenvalue weighted by Crippen LogP contribution is -2.21. The zero-order chi connectivity index (χ0) is 10.1. The van der Waals surface area contributed by atoms with Crippen LogP contribution >= 0.6 is 11.6 Å². The van der Waals surface area contributed by atoms with E-state index >= 15 is 0 Å². The molecule has 0 saturated carbocycles. The van der Waals surface area contributed by atoms with Crippen molar-refractivity contribution in [1.82, 2.24) is 4.98 Å². The number of pyridine rings is 1. The quantitative estimate of drug-likeness (QED) is 0.769. The molecule has 0 spiro atoms. The predicted octanol–water partition coefficient (Wildman–Crippen LogP) is 1.61. The first-order valence-electron chi connectivity index (χ1n) is 4.72. The maximum Gasteiger partial charge on any atom is 0.0851 e. The van der Waals surface area contributed by atoms with E-state index in [1.165, 1.54) is 0 Å². The fraction of sp³-hybridized carbons (Fsp3) is 0.500. The van der Waals surface area contributed by atoms with E-state index in [0.717, 1.165) is 24.3 Å². The van der Waals surface area contributed by atoms with Gasteiger partial charge >= 0.3 is 0 Å². The fourth-order valence-electron chi connectivity index (χ4n) is 1.74. The van der Waals surface area contributed by atoms with Crippen molar-refractivity contribution >= 4 is 17.3 Å². The summed E-state index contributed by atoms with van der Waals surface area (Å²) in [6.45, 7) is 3.42. The summed E-state index contributed by atoms with van der Waals surface area (Å²) in [5.41, 5.74) is 1.82. The van der Waals surface area contributed by atoms with Crippen LogP contribution in [0.3, 0.4) is 0 Å². The molecular weight excluding hydrogens is 200 g/mol. The number of hydrogen-bond donors (Lipinski definition) is 1. The first-order chi connectivity index (χ1) is 6.68. The number of hydrogen-bond acceptors (Lipinski definition) is 3. The van der Waals surface area contributed by atoms with Gasteiger partial charge in [0.15, 0.2) is 0 Å². The van der Waals surface area contributed by atoms with E-state index in [4.69, 9.17) is 11.6 Å². The average Bonchev–Trinajstić information content (AvgIpc) is 2.57. The molecule has 1 fully saturated rings. The lowest BCUT2D eigenvalue weighted by Gasteiger charge is -2.19. The van der Waals surface area contributed by atoms with E-state index in [2.05, 4.69) is 9.88 Å². The van der Waals surface area contributed by atoms with Gasteiger partial charge in [0.05, 0.1) is 22.5 Å². The number of rotatable bonds is 1. The molecule has 0 radical (unpaired) electrons. The van der Waals surface area contributed by atoms with Gasteiger partial charge in [-0.25, -0.2) is 0 Å². The van der Waals surface area contributed by atoms with Gasteiger partial charge in [0.25, 0.3) is 0 Å². The van der Waals surface area contributed by atoms with E-state index in [1.807, 2.05) is 13.0 Å². The minimum Gasteiger partial charge on any atom is -0.391 e. The van der Waals surface area contributed by atoms with Crippen molar-refractivity contribution < 1.29 is 5.11 Å². The Morgan fingerprint density at radius 1 is 1.64 bits per heavy atom. The van der Waals surface area contributed by atoms with E-state index in [-0.39, 0.29) is 6.10 Å². The van der Waals surface area contributed by atoms with Gasteiger partial charge in [0, 0.05) is 19.3 Å². The van der Waals surface area contributed by atoms with Crippen molar-refractivity contribution in [1.29, 1.82) is 0 Å². The summed E-state index contributed by atoms with van der Waals surface area (Å²) in [7, 11) is 0. The third-order valence-corrected chi connectivity index (χ3v) is 3.01. The lowest BCUT2D eigenvalue weighted by atomic mass is 10.3. The zero-order valence-electron chi connectivity index (χ0n) is 8.07. The van der Waals surface area contributed by atoms with Gasteiger partial charge < -0.3 is 10.0 Å². The summed E-state index contributed by atoms with van der Waals surface area (Å²) >= 11 is 6.14. The zero-order valence-corrected chi connectivity index (χ0v) is 8.83. The van der Waals surface area contributed by atoms with E-state index < -0.39 is 0 Å². The minimum absolute atomic E-state index is 0.223. The highest BCUT2D eigenvalue weighted by molar-refractivity contribution is 6.33. The van der Waals surface area contributed by atoms with Crippen LogP contribution in [0.1, 0.15) is 12.1 Å². The maximum absolute atomic E-state index is 9.42. The Morgan fingerprint density at radius 2 is 2.43 bits per heavy atom. The van der Waals surface area contributed by atoms with Crippen LogP contribution in [-0.2, 0) is 0 Å². The van der Waals surface area contributed by atoms with Crippen molar-refractivity contribution in [2.24, 2.45) is 0 Å². The SMILES string of the molecule is Cc1nccc(N2CC[C@@H](O)C2)c1Cl. The van der Waals surface area contributed by atoms with E-state index in [0.29, 0.717) is 11.6 Å². The predicted molar refractivity (Wildman–Crippen MR) is 56.8 cm³/mol. The molecule has 1 N–H and O–H groups in total. The van der Waals surface area contributed by atoms with Crippen LogP contribution in [0.5, 0.6) is 0 Å². The number of anilines is 1. The second kappa shape index (κ2) is 3.75. The summed E-state index contributed by atoms with van der Waals surface area (Å²) in [5.74, 6) is 0. The Morgan fingerprint density at radius 3 is 3.07 bits per heavy atom. The van der Waals surface area contributed by atoms with Crippen molar-refractivity contribution in [3.05, 3.63) is 23.0 Å². The molecular formula is C10H13ClN2O. The highest BCUT2D eigenvalue weighted by Crippen LogP contribution is 2.29. The molecule has 76 valence electrons. The average molecular weight is 213 g/mol. The topological polar surface area (TPSA) is 36.4 Å². The third kappa shape index (κ3) is 1.70. The second-order valence-electron chi connectivity index (χ2n) is 3.62. The van der Waals surface area contributed by atoms with Crippen molar-refractivity contribution in [3.63, 3.8) is 0 Å². The van der Waals surface area contributed by atoms with Crippen molar-refractivity contribution in [3.8, 4) is 0 Å². The fourth-order valence-corrected chi connectivity index (χ4v) is 1.97. The number of aryl methyl sites for hydroxylation is 1. The molecule has 4 heteroatoms. The van der Waals surface area contributed by atoms with Gasteiger partial charge in [0.1, 0.15) is 0 Å². The van der Waals surface area contributed by atoms with Crippen LogP contribution in [0.15, 0.2) is 12.3 Å². The number of halogens is 1. The smallest absolute Gasteiger partial charge is 0.0851 e. The highest BCUT2D eigenvalue weighted by Gasteiger charge is 2.22. The number of aliphatic hydroxyl groups is 1. The van der Waals surface area contributed by atoms with Gasteiger partial charge in [-0.3, -0.25) is 4.98 Å². The van der Waals surface area contributed by atoms with Crippen LogP contribution in [-0.4, -0.2) is 29.3 Å². The number of aliphatic hydroxyl groups excluding tert-OH is 1. The molecule has 0 unspecified atom stereocenters. The molecule has 1 atom stereocenters. The molecule has 0 aromatic carbocycles. The van der Waals surface area contributed by atoms with Crippen LogP contribution in [0.4, 0.5) is 5.69 Å². The Labute approximate surface area is 88.3 Å².